The van der Waals surface area contributed by atoms with E-state index in [-0.39, 0.29) is 5.92 Å². The van der Waals surface area contributed by atoms with Crippen LogP contribution in [0.15, 0.2) is 0 Å². The standard InChI is InChI=1S/C10H18O2/c1-7-4-8(10(2,3)12)6-9(11)5-7/h7-8,12H,4-6H2,1-3H3. The molecule has 1 N–H and O–H groups in total. The van der Waals surface area contributed by atoms with Gasteiger partial charge in [0.2, 0.25) is 0 Å². The fourth-order valence-electron chi connectivity index (χ4n) is 1.94. The topological polar surface area (TPSA) is 37.3 Å². The zero-order valence-electron chi connectivity index (χ0n) is 8.13. The van der Waals surface area contributed by atoms with Crippen molar-refractivity contribution >= 4 is 5.78 Å². The minimum absolute atomic E-state index is 0.161. The number of hydrogen-bond donors (Lipinski definition) is 1. The van der Waals surface area contributed by atoms with Gasteiger partial charge in [-0.2, -0.15) is 0 Å². The third-order valence-corrected chi connectivity index (χ3v) is 2.74. The van der Waals surface area contributed by atoms with Crippen molar-refractivity contribution in [3.63, 3.8) is 0 Å². The highest BCUT2D eigenvalue weighted by molar-refractivity contribution is 5.79. The van der Waals surface area contributed by atoms with E-state index < -0.39 is 5.60 Å². The molecule has 70 valence electrons. The van der Waals surface area contributed by atoms with Crippen molar-refractivity contribution in [2.24, 2.45) is 11.8 Å². The van der Waals surface area contributed by atoms with Crippen LogP contribution in [0.5, 0.6) is 0 Å². The summed E-state index contributed by atoms with van der Waals surface area (Å²) in [6, 6.07) is 0. The Kier molecular flexibility index (Phi) is 2.57. The van der Waals surface area contributed by atoms with Gasteiger partial charge in [-0.15, -0.1) is 0 Å². The molecule has 0 aromatic heterocycles. The molecule has 0 aliphatic heterocycles. The molecule has 0 amide bonds. The summed E-state index contributed by atoms with van der Waals surface area (Å²) in [4.78, 5) is 11.2. The first kappa shape index (κ1) is 9.72. The minimum Gasteiger partial charge on any atom is -0.390 e. The Morgan fingerprint density at radius 2 is 2.00 bits per heavy atom. The lowest BCUT2D eigenvalue weighted by atomic mass is 9.74. The largest absolute Gasteiger partial charge is 0.390 e. The number of hydrogen-bond acceptors (Lipinski definition) is 2. The highest BCUT2D eigenvalue weighted by atomic mass is 16.3. The van der Waals surface area contributed by atoms with Crippen molar-refractivity contribution < 1.29 is 9.90 Å². The average Bonchev–Trinajstić information content (AvgIpc) is 1.82. The van der Waals surface area contributed by atoms with Gasteiger partial charge in [0.1, 0.15) is 5.78 Å². The van der Waals surface area contributed by atoms with Crippen LogP contribution < -0.4 is 0 Å². The van der Waals surface area contributed by atoms with Gasteiger partial charge >= 0.3 is 0 Å². The molecule has 2 unspecified atom stereocenters. The summed E-state index contributed by atoms with van der Waals surface area (Å²) in [6.45, 7) is 5.67. The van der Waals surface area contributed by atoms with Crippen LogP contribution >= 0.6 is 0 Å². The van der Waals surface area contributed by atoms with Gasteiger partial charge in [0.05, 0.1) is 5.60 Å². The maximum atomic E-state index is 11.2. The van der Waals surface area contributed by atoms with Crippen molar-refractivity contribution in [3.8, 4) is 0 Å². The van der Waals surface area contributed by atoms with Crippen LogP contribution in [0.2, 0.25) is 0 Å². The second kappa shape index (κ2) is 3.17. The van der Waals surface area contributed by atoms with Crippen LogP contribution in [-0.4, -0.2) is 16.5 Å². The third kappa shape index (κ3) is 2.31. The predicted octanol–water partition coefficient (Wildman–Crippen LogP) is 1.76. The summed E-state index contributed by atoms with van der Waals surface area (Å²) in [5, 5.41) is 9.73. The molecule has 0 radical (unpaired) electrons. The Morgan fingerprint density at radius 1 is 1.42 bits per heavy atom. The summed E-state index contributed by atoms with van der Waals surface area (Å²) in [5.41, 5.74) is -0.690. The first-order valence-corrected chi connectivity index (χ1v) is 4.63. The van der Waals surface area contributed by atoms with Gasteiger partial charge in [0.15, 0.2) is 0 Å². The predicted molar refractivity (Wildman–Crippen MR) is 47.8 cm³/mol. The van der Waals surface area contributed by atoms with E-state index in [1.165, 1.54) is 0 Å². The number of ketones is 1. The summed E-state index contributed by atoms with van der Waals surface area (Å²) in [6.07, 6.45) is 2.25. The number of carbonyl (C=O) groups excluding carboxylic acids is 1. The van der Waals surface area contributed by atoms with E-state index in [0.29, 0.717) is 24.5 Å². The summed E-state index contributed by atoms with van der Waals surface area (Å²) in [7, 11) is 0. The fraction of sp³-hybridized carbons (Fsp3) is 0.900. The van der Waals surface area contributed by atoms with E-state index >= 15 is 0 Å². The van der Waals surface area contributed by atoms with Crippen LogP contribution in [0.25, 0.3) is 0 Å². The molecular weight excluding hydrogens is 152 g/mol. The Hall–Kier alpha value is -0.370. The van der Waals surface area contributed by atoms with Gasteiger partial charge in [-0.3, -0.25) is 4.79 Å². The number of rotatable bonds is 1. The van der Waals surface area contributed by atoms with Crippen molar-refractivity contribution in [2.75, 3.05) is 0 Å². The Balaban J connectivity index is 2.62. The Bertz CT molecular complexity index is 179. The maximum Gasteiger partial charge on any atom is 0.133 e. The molecule has 12 heavy (non-hydrogen) atoms. The maximum absolute atomic E-state index is 11.2. The van der Waals surface area contributed by atoms with E-state index in [1.807, 2.05) is 0 Å². The van der Waals surface area contributed by atoms with Gasteiger partial charge in [0, 0.05) is 12.8 Å². The van der Waals surface area contributed by atoms with E-state index in [0.717, 1.165) is 6.42 Å². The molecule has 1 aliphatic carbocycles. The highest BCUT2D eigenvalue weighted by Gasteiger charge is 2.33. The van der Waals surface area contributed by atoms with Gasteiger partial charge in [0.25, 0.3) is 0 Å². The first-order valence-electron chi connectivity index (χ1n) is 4.63. The molecule has 0 aromatic carbocycles. The van der Waals surface area contributed by atoms with Gasteiger partial charge in [-0.25, -0.2) is 0 Å². The van der Waals surface area contributed by atoms with Crippen LogP contribution in [0.3, 0.4) is 0 Å². The second-order valence-corrected chi connectivity index (χ2v) is 4.64. The van der Waals surface area contributed by atoms with Crippen molar-refractivity contribution in [1.29, 1.82) is 0 Å². The lowest BCUT2D eigenvalue weighted by molar-refractivity contribution is -0.126. The second-order valence-electron chi connectivity index (χ2n) is 4.64. The highest BCUT2D eigenvalue weighted by Crippen LogP contribution is 2.33. The zero-order valence-corrected chi connectivity index (χ0v) is 8.13. The first-order chi connectivity index (χ1) is 5.39. The molecule has 0 saturated heterocycles. The van der Waals surface area contributed by atoms with Crippen LogP contribution in [0.4, 0.5) is 0 Å². The van der Waals surface area contributed by atoms with Crippen molar-refractivity contribution in [1.82, 2.24) is 0 Å². The molecule has 0 aromatic rings. The van der Waals surface area contributed by atoms with E-state index in [1.54, 1.807) is 13.8 Å². The molecule has 2 heteroatoms. The summed E-state index contributed by atoms with van der Waals surface area (Å²) in [5.74, 6) is 0.914. The molecule has 1 fully saturated rings. The molecule has 0 spiro atoms. The zero-order chi connectivity index (χ0) is 9.35. The Labute approximate surface area is 74.0 Å². The van der Waals surface area contributed by atoms with Crippen molar-refractivity contribution in [3.05, 3.63) is 0 Å². The molecule has 1 saturated carbocycles. The third-order valence-electron chi connectivity index (χ3n) is 2.74. The molecule has 0 bridgehead atoms. The lowest BCUT2D eigenvalue weighted by Gasteiger charge is -2.34. The van der Waals surface area contributed by atoms with Crippen molar-refractivity contribution in [2.45, 2.75) is 45.6 Å². The minimum atomic E-state index is -0.690. The number of Topliss-reactive ketones (excluding diaryl/α,β-unsaturated/α-hetero) is 1. The van der Waals surface area contributed by atoms with E-state index in [4.69, 9.17) is 0 Å². The Morgan fingerprint density at radius 3 is 2.42 bits per heavy atom. The van der Waals surface area contributed by atoms with Crippen LogP contribution in [0.1, 0.15) is 40.0 Å². The van der Waals surface area contributed by atoms with E-state index in [2.05, 4.69) is 6.92 Å². The molecular formula is C10H18O2. The normalized spacial score (nSPS) is 32.2. The molecule has 1 aliphatic rings. The summed E-state index contributed by atoms with van der Waals surface area (Å²) >= 11 is 0. The monoisotopic (exact) mass is 170 g/mol. The molecule has 2 nitrogen and oxygen atoms in total. The quantitative estimate of drug-likeness (QED) is 0.651. The fourth-order valence-corrected chi connectivity index (χ4v) is 1.94. The average molecular weight is 170 g/mol. The SMILES string of the molecule is CC1CC(=O)CC(C(C)(C)O)C1. The lowest BCUT2D eigenvalue weighted by Crippen LogP contribution is -2.37. The van der Waals surface area contributed by atoms with Gasteiger partial charge in [-0.1, -0.05) is 6.92 Å². The van der Waals surface area contributed by atoms with Gasteiger partial charge in [-0.05, 0) is 32.1 Å². The van der Waals surface area contributed by atoms with Gasteiger partial charge < -0.3 is 5.11 Å². The van der Waals surface area contributed by atoms with E-state index in [9.17, 15) is 9.90 Å². The van der Waals surface area contributed by atoms with Crippen LogP contribution in [-0.2, 0) is 4.79 Å². The molecule has 2 atom stereocenters. The number of carbonyl (C=O) groups is 1. The smallest absolute Gasteiger partial charge is 0.133 e. The number of aliphatic hydroxyl groups is 1. The molecule has 1 rings (SSSR count). The molecule has 0 heterocycles. The summed E-state index contributed by atoms with van der Waals surface area (Å²) < 4.78 is 0. The van der Waals surface area contributed by atoms with Crippen LogP contribution in [0, 0.1) is 11.8 Å².